The summed E-state index contributed by atoms with van der Waals surface area (Å²) in [6.07, 6.45) is -4.63. The van der Waals surface area contributed by atoms with Gasteiger partial charge >= 0.3 is 6.18 Å². The fourth-order valence-corrected chi connectivity index (χ4v) is 2.45. The van der Waals surface area contributed by atoms with Gasteiger partial charge in [-0.15, -0.1) is 15.3 Å². The molecule has 0 aliphatic heterocycles. The van der Waals surface area contributed by atoms with Crippen LogP contribution >= 0.6 is 0 Å². The second-order valence-electron chi connectivity index (χ2n) is 5.94. The summed E-state index contributed by atoms with van der Waals surface area (Å²) in [5.41, 5.74) is 2.53. The lowest BCUT2D eigenvalue weighted by molar-refractivity contribution is -0.146. The van der Waals surface area contributed by atoms with Gasteiger partial charge in [-0.3, -0.25) is 0 Å². The molecule has 3 rings (SSSR count). The Hall–Kier alpha value is -2.84. The number of nitrogens with one attached hydrogen (secondary N) is 1. The fourth-order valence-electron chi connectivity index (χ4n) is 2.45. The molecule has 0 aliphatic rings. The van der Waals surface area contributed by atoms with Crippen LogP contribution in [-0.4, -0.2) is 33.0 Å². The maximum Gasteiger partial charge on any atom is 0.453 e. The number of aryl methyl sites for hydroxylation is 2. The van der Waals surface area contributed by atoms with Gasteiger partial charge in [0.1, 0.15) is 12.4 Å². The largest absolute Gasteiger partial charge is 0.492 e. The number of benzene rings is 1. The highest BCUT2D eigenvalue weighted by Gasteiger charge is 2.38. The van der Waals surface area contributed by atoms with Gasteiger partial charge in [-0.1, -0.05) is 17.7 Å². The van der Waals surface area contributed by atoms with Crippen molar-refractivity contribution in [1.29, 1.82) is 0 Å². The Kier molecular flexibility index (Phi) is 4.71. The number of ether oxygens (including phenoxy) is 1. The highest BCUT2D eigenvalue weighted by Crippen LogP contribution is 2.29. The van der Waals surface area contributed by atoms with Crippen molar-refractivity contribution in [3.05, 3.63) is 46.8 Å². The van der Waals surface area contributed by atoms with Gasteiger partial charge in [-0.05, 0) is 38.5 Å². The van der Waals surface area contributed by atoms with E-state index < -0.39 is 12.0 Å². The van der Waals surface area contributed by atoms with Crippen molar-refractivity contribution in [3.63, 3.8) is 0 Å². The van der Waals surface area contributed by atoms with Crippen LogP contribution < -0.4 is 10.1 Å². The maximum absolute atomic E-state index is 13.0. The molecule has 2 aromatic heterocycles. The lowest BCUT2D eigenvalue weighted by Gasteiger charge is -2.13. The Morgan fingerprint density at radius 1 is 1.04 bits per heavy atom. The zero-order valence-corrected chi connectivity index (χ0v) is 14.6. The van der Waals surface area contributed by atoms with E-state index in [1.54, 1.807) is 13.8 Å². The van der Waals surface area contributed by atoms with Gasteiger partial charge in [0.2, 0.25) is 0 Å². The van der Waals surface area contributed by atoms with Crippen molar-refractivity contribution in [1.82, 2.24) is 19.8 Å². The number of hydrogen-bond donors (Lipinski definition) is 1. The lowest BCUT2D eigenvalue weighted by atomic mass is 10.2. The molecule has 3 aromatic rings. The predicted molar refractivity (Wildman–Crippen MR) is 90.4 cm³/mol. The van der Waals surface area contributed by atoms with E-state index in [4.69, 9.17) is 4.74 Å². The molecule has 26 heavy (non-hydrogen) atoms. The number of halogens is 3. The summed E-state index contributed by atoms with van der Waals surface area (Å²) < 4.78 is 45.4. The molecule has 6 nitrogen and oxygen atoms in total. The molecule has 138 valence electrons. The van der Waals surface area contributed by atoms with Crippen LogP contribution in [0.2, 0.25) is 0 Å². The van der Waals surface area contributed by atoms with Crippen molar-refractivity contribution >= 4 is 11.5 Å². The standard InChI is InChI=1S/C17H18F3N5O/c1-10-4-6-13(7-5-10)26-9-8-21-14-11(2)12(3)15-22-23-16(17(18,19)20)25(15)24-14/h4-7H,8-9H2,1-3H3,(H,21,24). The Morgan fingerprint density at radius 3 is 2.38 bits per heavy atom. The first-order valence-corrected chi connectivity index (χ1v) is 8.00. The molecular formula is C17H18F3N5O. The first-order chi connectivity index (χ1) is 12.3. The number of alkyl halides is 3. The molecule has 0 saturated carbocycles. The fraction of sp³-hybridized carbons (Fsp3) is 0.353. The summed E-state index contributed by atoms with van der Waals surface area (Å²) in [6.45, 7) is 6.17. The summed E-state index contributed by atoms with van der Waals surface area (Å²) in [4.78, 5) is 0. The van der Waals surface area contributed by atoms with Crippen LogP contribution in [0.5, 0.6) is 5.75 Å². The van der Waals surface area contributed by atoms with Crippen molar-refractivity contribution in [2.24, 2.45) is 0 Å². The highest BCUT2D eigenvalue weighted by atomic mass is 19.4. The molecule has 0 aliphatic carbocycles. The lowest BCUT2D eigenvalue weighted by Crippen LogP contribution is -2.17. The van der Waals surface area contributed by atoms with Gasteiger partial charge in [0.15, 0.2) is 11.5 Å². The minimum Gasteiger partial charge on any atom is -0.492 e. The quantitative estimate of drug-likeness (QED) is 0.701. The smallest absolute Gasteiger partial charge is 0.453 e. The number of hydrogen-bond acceptors (Lipinski definition) is 5. The molecule has 0 radical (unpaired) electrons. The van der Waals surface area contributed by atoms with E-state index in [0.29, 0.717) is 30.1 Å². The average Bonchev–Trinajstić information content (AvgIpc) is 3.01. The van der Waals surface area contributed by atoms with E-state index in [1.165, 1.54) is 0 Å². The van der Waals surface area contributed by atoms with Gasteiger partial charge in [0.25, 0.3) is 5.82 Å². The molecule has 0 spiro atoms. The molecule has 1 N–H and O–H groups in total. The van der Waals surface area contributed by atoms with Crippen molar-refractivity contribution < 1.29 is 17.9 Å². The molecule has 0 bridgehead atoms. The molecule has 0 atom stereocenters. The Balaban J connectivity index is 1.75. The van der Waals surface area contributed by atoms with Gasteiger partial charge in [0, 0.05) is 5.56 Å². The monoisotopic (exact) mass is 365 g/mol. The number of aromatic nitrogens is 4. The van der Waals surface area contributed by atoms with Gasteiger partial charge < -0.3 is 10.1 Å². The Morgan fingerprint density at radius 2 is 1.73 bits per heavy atom. The summed E-state index contributed by atoms with van der Waals surface area (Å²) in [5.74, 6) is -0.0748. The highest BCUT2D eigenvalue weighted by molar-refractivity contribution is 5.58. The minimum absolute atomic E-state index is 0.0938. The third kappa shape index (κ3) is 3.56. The number of nitrogens with zero attached hydrogens (tertiary/aromatic N) is 4. The molecule has 0 amide bonds. The Labute approximate surface area is 148 Å². The zero-order chi connectivity index (χ0) is 18.9. The Bertz CT molecular complexity index is 919. The maximum atomic E-state index is 13.0. The van der Waals surface area contributed by atoms with E-state index in [0.717, 1.165) is 15.8 Å². The van der Waals surface area contributed by atoms with E-state index in [1.807, 2.05) is 31.2 Å². The minimum atomic E-state index is -4.63. The number of rotatable bonds is 5. The molecule has 0 unspecified atom stereocenters. The van der Waals surface area contributed by atoms with Crippen LogP contribution in [0.1, 0.15) is 22.5 Å². The first kappa shape index (κ1) is 18.0. The number of anilines is 1. The van der Waals surface area contributed by atoms with Crippen molar-refractivity contribution in [2.45, 2.75) is 26.9 Å². The molecule has 0 fully saturated rings. The van der Waals surface area contributed by atoms with Crippen molar-refractivity contribution in [2.75, 3.05) is 18.5 Å². The predicted octanol–water partition coefficient (Wildman–Crippen LogP) is 3.56. The SMILES string of the molecule is Cc1ccc(OCCNc2nn3c(C(F)(F)F)nnc3c(C)c2C)cc1. The first-order valence-electron chi connectivity index (χ1n) is 8.00. The van der Waals surface area contributed by atoms with Crippen LogP contribution in [0, 0.1) is 20.8 Å². The molecular weight excluding hydrogens is 347 g/mol. The second kappa shape index (κ2) is 6.81. The van der Waals surface area contributed by atoms with E-state index in [9.17, 15) is 13.2 Å². The molecule has 1 aromatic carbocycles. The zero-order valence-electron chi connectivity index (χ0n) is 14.6. The van der Waals surface area contributed by atoms with Gasteiger partial charge in [0.05, 0.1) is 6.54 Å². The molecule has 0 saturated heterocycles. The summed E-state index contributed by atoms with van der Waals surface area (Å²) in [5, 5.41) is 13.9. The third-order valence-corrected chi connectivity index (χ3v) is 4.03. The van der Waals surface area contributed by atoms with Crippen LogP contribution in [-0.2, 0) is 6.18 Å². The van der Waals surface area contributed by atoms with E-state index >= 15 is 0 Å². The summed E-state index contributed by atoms with van der Waals surface area (Å²) >= 11 is 0. The van der Waals surface area contributed by atoms with Crippen LogP contribution in [0.4, 0.5) is 19.0 Å². The average molecular weight is 365 g/mol. The van der Waals surface area contributed by atoms with Gasteiger partial charge in [-0.2, -0.15) is 17.7 Å². The van der Waals surface area contributed by atoms with Crippen LogP contribution in [0.25, 0.3) is 5.65 Å². The van der Waals surface area contributed by atoms with Crippen molar-refractivity contribution in [3.8, 4) is 5.75 Å². The van der Waals surface area contributed by atoms with E-state index in [-0.39, 0.29) is 5.65 Å². The molecule has 2 heterocycles. The molecule has 9 heteroatoms. The van der Waals surface area contributed by atoms with Crippen LogP contribution in [0.3, 0.4) is 0 Å². The number of fused-ring (bicyclic) bond motifs is 1. The second-order valence-corrected chi connectivity index (χ2v) is 5.94. The third-order valence-electron chi connectivity index (χ3n) is 4.03. The summed E-state index contributed by atoms with van der Waals surface area (Å²) in [7, 11) is 0. The normalized spacial score (nSPS) is 11.8. The van der Waals surface area contributed by atoms with Gasteiger partial charge in [-0.25, -0.2) is 0 Å². The topological polar surface area (TPSA) is 64.3 Å². The van der Waals surface area contributed by atoms with Crippen LogP contribution in [0.15, 0.2) is 24.3 Å². The van der Waals surface area contributed by atoms with E-state index in [2.05, 4.69) is 20.6 Å². The summed E-state index contributed by atoms with van der Waals surface area (Å²) in [6, 6.07) is 7.61.